The Labute approximate surface area is 117 Å². The van der Waals surface area contributed by atoms with Gasteiger partial charge in [-0.1, -0.05) is 0 Å². The van der Waals surface area contributed by atoms with Crippen molar-refractivity contribution in [2.45, 2.75) is 18.9 Å². The lowest BCUT2D eigenvalue weighted by Gasteiger charge is -2.23. The third-order valence-electron chi connectivity index (χ3n) is 3.22. The number of benzene rings is 1. The molecule has 0 atom stereocenters. The lowest BCUT2D eigenvalue weighted by molar-refractivity contribution is 0.162. The Hall–Kier alpha value is -1.52. The van der Waals surface area contributed by atoms with Crippen molar-refractivity contribution in [2.75, 3.05) is 13.1 Å². The van der Waals surface area contributed by atoms with Crippen LogP contribution in [0.5, 0.6) is 5.75 Å². The molecule has 2 heterocycles. The van der Waals surface area contributed by atoms with Crippen LogP contribution in [-0.2, 0) is 0 Å². The van der Waals surface area contributed by atoms with E-state index in [1.54, 1.807) is 12.1 Å². The number of ether oxygens (including phenoxy) is 1. The zero-order valence-electron chi connectivity index (χ0n) is 10.4. The summed E-state index contributed by atoms with van der Waals surface area (Å²) in [5, 5.41) is 3.89. The van der Waals surface area contributed by atoms with Crippen molar-refractivity contribution < 1.29 is 9.15 Å². The molecule has 19 heavy (non-hydrogen) atoms. The molecule has 0 amide bonds. The topological polar surface area (TPSA) is 51.5 Å². The van der Waals surface area contributed by atoms with Crippen molar-refractivity contribution >= 4 is 23.4 Å². The molecule has 1 aliphatic rings. The van der Waals surface area contributed by atoms with Gasteiger partial charge in [-0.05, 0) is 38.1 Å². The van der Waals surface area contributed by atoms with Crippen LogP contribution in [0.4, 0.5) is 0 Å². The second kappa shape index (κ2) is 6.08. The Bertz CT molecular complexity index is 605. The fourth-order valence-electron chi connectivity index (χ4n) is 2.24. The number of nitrogens with one attached hydrogen (secondary N) is 1. The van der Waals surface area contributed by atoms with Gasteiger partial charge in [0, 0.05) is 12.1 Å². The number of hydrogen-bond donors (Lipinski definition) is 1. The average molecular weight is 282 g/mol. The summed E-state index contributed by atoms with van der Waals surface area (Å²) < 4.78 is 11.2. The van der Waals surface area contributed by atoms with E-state index in [1.807, 2.05) is 6.07 Å². The molecule has 1 aliphatic heterocycles. The Morgan fingerprint density at radius 3 is 2.79 bits per heavy atom. The first-order valence-corrected chi connectivity index (χ1v) is 6.22. The molecule has 0 radical (unpaired) electrons. The van der Waals surface area contributed by atoms with Crippen LogP contribution in [-0.4, -0.2) is 19.2 Å². The predicted molar refractivity (Wildman–Crippen MR) is 76.3 cm³/mol. The highest BCUT2D eigenvalue weighted by atomic mass is 35.5. The quantitative estimate of drug-likeness (QED) is 0.918. The van der Waals surface area contributed by atoms with Crippen molar-refractivity contribution in [3.63, 3.8) is 0 Å². The fourth-order valence-corrected chi connectivity index (χ4v) is 2.24. The minimum absolute atomic E-state index is 0. The first-order valence-electron chi connectivity index (χ1n) is 6.22. The van der Waals surface area contributed by atoms with Gasteiger partial charge in [-0.25, -0.2) is 0 Å². The Morgan fingerprint density at radius 2 is 2.00 bits per heavy atom. The van der Waals surface area contributed by atoms with E-state index in [4.69, 9.17) is 9.15 Å². The maximum Gasteiger partial charge on any atom is 0.192 e. The van der Waals surface area contributed by atoms with E-state index in [-0.39, 0.29) is 23.9 Å². The van der Waals surface area contributed by atoms with E-state index >= 15 is 0 Å². The molecule has 0 bridgehead atoms. The summed E-state index contributed by atoms with van der Waals surface area (Å²) in [5.74, 6) is 0.767. The molecular formula is C14H16ClNO3. The van der Waals surface area contributed by atoms with Crippen LogP contribution >= 0.6 is 12.4 Å². The smallest absolute Gasteiger partial charge is 0.192 e. The normalized spacial score (nSPS) is 16.0. The molecule has 1 fully saturated rings. The second-order valence-corrected chi connectivity index (χ2v) is 4.51. The molecule has 2 aromatic rings. The Kier molecular flexibility index (Phi) is 4.45. The minimum Gasteiger partial charge on any atom is -0.490 e. The number of rotatable bonds is 2. The fraction of sp³-hybridized carbons (Fsp3) is 0.357. The van der Waals surface area contributed by atoms with Gasteiger partial charge in [-0.15, -0.1) is 12.4 Å². The largest absolute Gasteiger partial charge is 0.490 e. The van der Waals surface area contributed by atoms with Crippen LogP contribution in [0.25, 0.3) is 11.0 Å². The van der Waals surface area contributed by atoms with Crippen LogP contribution in [0.2, 0.25) is 0 Å². The maximum atomic E-state index is 11.6. The molecule has 102 valence electrons. The molecule has 4 nitrogen and oxygen atoms in total. The molecule has 0 unspecified atom stereocenters. The Balaban J connectivity index is 0.00000133. The van der Waals surface area contributed by atoms with Gasteiger partial charge in [-0.3, -0.25) is 4.79 Å². The number of halogens is 1. The number of hydrogen-bond acceptors (Lipinski definition) is 4. The third kappa shape index (κ3) is 3.08. The highest BCUT2D eigenvalue weighted by molar-refractivity contribution is 5.85. The van der Waals surface area contributed by atoms with E-state index in [2.05, 4.69) is 5.32 Å². The summed E-state index contributed by atoms with van der Waals surface area (Å²) >= 11 is 0. The molecule has 1 aromatic carbocycles. The lowest BCUT2D eigenvalue weighted by atomic mass is 10.1. The highest BCUT2D eigenvalue weighted by Gasteiger charge is 2.14. The van der Waals surface area contributed by atoms with E-state index in [0.717, 1.165) is 31.7 Å². The van der Waals surface area contributed by atoms with Crippen LogP contribution < -0.4 is 15.5 Å². The zero-order valence-corrected chi connectivity index (χ0v) is 11.2. The highest BCUT2D eigenvalue weighted by Crippen LogP contribution is 2.21. The molecular weight excluding hydrogens is 266 g/mol. The van der Waals surface area contributed by atoms with E-state index in [0.29, 0.717) is 11.0 Å². The molecule has 5 heteroatoms. The van der Waals surface area contributed by atoms with Gasteiger partial charge in [0.25, 0.3) is 0 Å². The number of piperidine rings is 1. The summed E-state index contributed by atoms with van der Waals surface area (Å²) in [4.78, 5) is 11.6. The third-order valence-corrected chi connectivity index (χ3v) is 3.22. The second-order valence-electron chi connectivity index (χ2n) is 4.51. The van der Waals surface area contributed by atoms with Crippen molar-refractivity contribution in [3.8, 4) is 5.75 Å². The standard InChI is InChI=1S/C14H15NO3.ClH/c16-13-5-8-17-14-9-11(1-2-12(13)14)18-10-3-6-15-7-4-10;/h1-2,5,8-10,15H,3-4,6-7H2;1H. The van der Waals surface area contributed by atoms with E-state index in [1.165, 1.54) is 12.3 Å². The van der Waals surface area contributed by atoms with Crippen molar-refractivity contribution in [2.24, 2.45) is 0 Å². The minimum atomic E-state index is -0.0235. The van der Waals surface area contributed by atoms with E-state index in [9.17, 15) is 4.79 Å². The molecule has 3 rings (SSSR count). The van der Waals surface area contributed by atoms with Crippen molar-refractivity contribution in [3.05, 3.63) is 40.8 Å². The molecule has 1 saturated heterocycles. The maximum absolute atomic E-state index is 11.6. The van der Waals surface area contributed by atoms with Gasteiger partial charge in [0.1, 0.15) is 17.4 Å². The molecule has 0 saturated carbocycles. The summed E-state index contributed by atoms with van der Waals surface area (Å²) in [7, 11) is 0. The van der Waals surface area contributed by atoms with Gasteiger partial charge >= 0.3 is 0 Å². The summed E-state index contributed by atoms with van der Waals surface area (Å²) in [6.45, 7) is 1.99. The molecule has 0 aliphatic carbocycles. The summed E-state index contributed by atoms with van der Waals surface area (Å²) in [5.41, 5.74) is 0.554. The molecule has 1 aromatic heterocycles. The molecule has 0 spiro atoms. The monoisotopic (exact) mass is 281 g/mol. The van der Waals surface area contributed by atoms with E-state index < -0.39 is 0 Å². The summed E-state index contributed by atoms with van der Waals surface area (Å²) in [6, 6.07) is 6.81. The number of fused-ring (bicyclic) bond motifs is 1. The lowest BCUT2D eigenvalue weighted by Crippen LogP contribution is -2.34. The van der Waals surface area contributed by atoms with Gasteiger partial charge < -0.3 is 14.5 Å². The zero-order chi connectivity index (χ0) is 12.4. The summed E-state index contributed by atoms with van der Waals surface area (Å²) in [6.07, 6.45) is 3.69. The van der Waals surface area contributed by atoms with Crippen molar-refractivity contribution in [1.29, 1.82) is 0 Å². The average Bonchev–Trinajstić information content (AvgIpc) is 2.40. The van der Waals surface area contributed by atoms with Crippen LogP contribution in [0.1, 0.15) is 12.8 Å². The van der Waals surface area contributed by atoms with Gasteiger partial charge in [0.05, 0.1) is 11.6 Å². The SMILES string of the molecule is Cl.O=c1ccoc2cc(OC3CCNCC3)ccc12. The first kappa shape index (κ1) is 13.9. The van der Waals surface area contributed by atoms with Crippen LogP contribution in [0, 0.1) is 0 Å². The Morgan fingerprint density at radius 1 is 1.21 bits per heavy atom. The molecule has 1 N–H and O–H groups in total. The van der Waals surface area contributed by atoms with Gasteiger partial charge in [0.2, 0.25) is 0 Å². The van der Waals surface area contributed by atoms with Crippen LogP contribution in [0.15, 0.2) is 39.7 Å². The van der Waals surface area contributed by atoms with Gasteiger partial charge in [-0.2, -0.15) is 0 Å². The van der Waals surface area contributed by atoms with Crippen LogP contribution in [0.3, 0.4) is 0 Å². The van der Waals surface area contributed by atoms with Gasteiger partial charge in [0.15, 0.2) is 5.43 Å². The predicted octanol–water partition coefficient (Wildman–Crippen LogP) is 2.35. The first-order chi connectivity index (χ1) is 8.83. The van der Waals surface area contributed by atoms with Crippen molar-refractivity contribution in [1.82, 2.24) is 5.32 Å².